The minimum Gasteiger partial charge on any atom is -0.397 e. The average molecular weight is 275 g/mol. The van der Waals surface area contributed by atoms with Crippen LogP contribution >= 0.6 is 0 Å². The Morgan fingerprint density at radius 1 is 1.20 bits per heavy atom. The van der Waals surface area contributed by atoms with Gasteiger partial charge in [-0.05, 0) is 25.1 Å². The van der Waals surface area contributed by atoms with Crippen LogP contribution in [0.1, 0.15) is 6.92 Å². The van der Waals surface area contributed by atoms with Gasteiger partial charge < -0.3 is 5.11 Å². The molecule has 1 aromatic carbocycles. The fraction of sp³-hybridized carbons (Fsp3) is 0.154. The highest BCUT2D eigenvalue weighted by Gasteiger charge is 2.07. The van der Waals surface area contributed by atoms with Gasteiger partial charge in [-0.15, -0.1) is 5.10 Å². The topological polar surface area (TPSA) is 68.8 Å². The number of benzene rings is 1. The van der Waals surface area contributed by atoms with Crippen LogP contribution in [0.15, 0.2) is 49.1 Å². The Bertz CT molecular complexity index is 637. The summed E-state index contributed by atoms with van der Waals surface area (Å²) in [5, 5.41) is 19.0. The molecule has 6 nitrogen and oxygen atoms in total. The third-order valence-corrected chi connectivity index (χ3v) is 2.37. The second-order valence-electron chi connectivity index (χ2n) is 3.75. The molecule has 104 valence electrons. The van der Waals surface area contributed by atoms with Crippen molar-refractivity contribution in [1.82, 2.24) is 24.8 Å². The zero-order valence-electron chi connectivity index (χ0n) is 10.9. The largest absolute Gasteiger partial charge is 0.397 e. The molecule has 2 aromatic heterocycles. The summed E-state index contributed by atoms with van der Waals surface area (Å²) >= 11 is 0. The van der Waals surface area contributed by atoms with Gasteiger partial charge in [-0.3, -0.25) is 0 Å². The van der Waals surface area contributed by atoms with E-state index in [9.17, 15) is 4.39 Å². The van der Waals surface area contributed by atoms with Crippen LogP contribution < -0.4 is 0 Å². The third kappa shape index (κ3) is 3.07. The summed E-state index contributed by atoms with van der Waals surface area (Å²) in [6, 6.07) is 6.55. The molecule has 3 aromatic rings. The Balaban J connectivity index is 0.000000452. The zero-order valence-corrected chi connectivity index (χ0v) is 10.9. The van der Waals surface area contributed by atoms with Crippen LogP contribution in [0, 0.1) is 5.82 Å². The summed E-state index contributed by atoms with van der Waals surface area (Å²) in [5.74, 6) is -0.360. The molecule has 0 atom stereocenters. The number of aliphatic hydroxyl groups excluding tert-OH is 1. The first-order valence-electron chi connectivity index (χ1n) is 6.03. The highest BCUT2D eigenvalue weighted by atomic mass is 19.1. The van der Waals surface area contributed by atoms with E-state index in [1.807, 2.05) is 0 Å². The molecule has 0 saturated heterocycles. The number of hydrogen-bond donors (Lipinski definition) is 1. The van der Waals surface area contributed by atoms with Gasteiger partial charge in [0.1, 0.15) is 5.69 Å². The number of aromatic nitrogens is 5. The molecule has 0 fully saturated rings. The van der Waals surface area contributed by atoms with Gasteiger partial charge in [-0.25, -0.2) is 13.8 Å². The molecule has 1 N–H and O–H groups in total. The molecular weight excluding hydrogens is 261 g/mol. The average Bonchev–Trinajstić information content (AvgIpc) is 3.13. The summed E-state index contributed by atoms with van der Waals surface area (Å²) in [7, 11) is 0. The van der Waals surface area contributed by atoms with E-state index in [4.69, 9.17) is 5.11 Å². The Hall–Kier alpha value is -2.54. The lowest BCUT2D eigenvalue weighted by Gasteiger charge is -2.05. The highest BCUT2D eigenvalue weighted by molar-refractivity contribution is 5.41. The van der Waals surface area contributed by atoms with Crippen molar-refractivity contribution in [2.75, 3.05) is 6.61 Å². The first kappa shape index (κ1) is 13.9. The van der Waals surface area contributed by atoms with Crippen LogP contribution in [0.25, 0.3) is 11.4 Å². The molecule has 20 heavy (non-hydrogen) atoms. The summed E-state index contributed by atoms with van der Waals surface area (Å²) in [4.78, 5) is 0. The van der Waals surface area contributed by atoms with Crippen LogP contribution in [0.4, 0.5) is 4.39 Å². The van der Waals surface area contributed by atoms with E-state index in [-0.39, 0.29) is 12.4 Å². The zero-order chi connectivity index (χ0) is 14.4. The van der Waals surface area contributed by atoms with Gasteiger partial charge in [0.2, 0.25) is 0 Å². The van der Waals surface area contributed by atoms with Crippen molar-refractivity contribution in [1.29, 1.82) is 0 Å². The van der Waals surface area contributed by atoms with E-state index in [0.29, 0.717) is 11.4 Å². The minimum atomic E-state index is -0.360. The molecule has 2 heterocycles. The molecule has 0 aliphatic carbocycles. The predicted molar refractivity (Wildman–Crippen MR) is 71.2 cm³/mol. The van der Waals surface area contributed by atoms with Crippen LogP contribution in [0.3, 0.4) is 0 Å². The van der Waals surface area contributed by atoms with Gasteiger partial charge in [0, 0.05) is 25.1 Å². The Kier molecular flexibility index (Phi) is 4.56. The SMILES string of the molecule is CCO.Fc1cc(-n2ccnn2)ccc1-n1cccn1. The normalized spacial score (nSPS) is 9.95. The number of aliphatic hydroxyl groups is 1. The molecule has 0 spiro atoms. The van der Waals surface area contributed by atoms with Gasteiger partial charge in [0.25, 0.3) is 0 Å². The maximum atomic E-state index is 13.9. The van der Waals surface area contributed by atoms with Gasteiger partial charge in [-0.2, -0.15) is 5.10 Å². The fourth-order valence-electron chi connectivity index (χ4n) is 1.58. The minimum absolute atomic E-state index is 0.250. The highest BCUT2D eigenvalue weighted by Crippen LogP contribution is 2.16. The Labute approximate surface area is 115 Å². The van der Waals surface area contributed by atoms with E-state index in [0.717, 1.165) is 0 Å². The van der Waals surface area contributed by atoms with Crippen LogP contribution in [0.2, 0.25) is 0 Å². The maximum absolute atomic E-state index is 13.9. The van der Waals surface area contributed by atoms with Crippen LogP contribution in [-0.4, -0.2) is 36.5 Å². The Morgan fingerprint density at radius 2 is 2.00 bits per heavy atom. The number of hydrogen-bond acceptors (Lipinski definition) is 4. The summed E-state index contributed by atoms with van der Waals surface area (Å²) in [6.07, 6.45) is 6.49. The van der Waals surface area contributed by atoms with Crippen molar-refractivity contribution < 1.29 is 9.50 Å². The van der Waals surface area contributed by atoms with E-state index in [2.05, 4.69) is 15.4 Å². The van der Waals surface area contributed by atoms with Crippen molar-refractivity contribution in [3.05, 3.63) is 54.9 Å². The summed E-state index contributed by atoms with van der Waals surface area (Å²) in [5.41, 5.74) is 1.02. The first-order valence-corrected chi connectivity index (χ1v) is 6.03. The van der Waals surface area contributed by atoms with Crippen molar-refractivity contribution in [3.8, 4) is 11.4 Å². The van der Waals surface area contributed by atoms with Crippen molar-refractivity contribution in [2.24, 2.45) is 0 Å². The van der Waals surface area contributed by atoms with E-state index in [1.165, 1.54) is 15.4 Å². The lowest BCUT2D eigenvalue weighted by Crippen LogP contribution is -2.01. The molecule has 0 aliphatic heterocycles. The van der Waals surface area contributed by atoms with Crippen molar-refractivity contribution in [2.45, 2.75) is 6.92 Å². The molecular formula is C13H14FN5O. The van der Waals surface area contributed by atoms with Crippen LogP contribution in [0.5, 0.6) is 0 Å². The second kappa shape index (κ2) is 6.58. The van der Waals surface area contributed by atoms with Crippen molar-refractivity contribution >= 4 is 0 Å². The molecule has 0 amide bonds. The molecule has 0 saturated carbocycles. The Morgan fingerprint density at radius 3 is 2.55 bits per heavy atom. The molecule has 0 bridgehead atoms. The van der Waals surface area contributed by atoms with Gasteiger partial charge in [0.15, 0.2) is 5.82 Å². The molecule has 0 unspecified atom stereocenters. The second-order valence-corrected chi connectivity index (χ2v) is 3.75. The maximum Gasteiger partial charge on any atom is 0.151 e. The van der Waals surface area contributed by atoms with Crippen molar-refractivity contribution in [3.63, 3.8) is 0 Å². The molecule has 3 rings (SSSR count). The van der Waals surface area contributed by atoms with E-state index >= 15 is 0 Å². The van der Waals surface area contributed by atoms with Gasteiger partial charge in [0.05, 0.1) is 18.1 Å². The first-order chi connectivity index (χ1) is 9.76. The number of halogens is 1. The number of nitrogens with zero attached hydrogens (tertiary/aromatic N) is 5. The predicted octanol–water partition coefficient (Wildman–Crippen LogP) is 1.59. The third-order valence-electron chi connectivity index (χ3n) is 2.37. The lowest BCUT2D eigenvalue weighted by atomic mass is 10.2. The summed E-state index contributed by atoms with van der Waals surface area (Å²) in [6.45, 7) is 1.93. The molecule has 0 aliphatic rings. The monoisotopic (exact) mass is 275 g/mol. The van der Waals surface area contributed by atoms with Gasteiger partial charge >= 0.3 is 0 Å². The summed E-state index contributed by atoms with van der Waals surface area (Å²) < 4.78 is 16.9. The quantitative estimate of drug-likeness (QED) is 0.771. The lowest BCUT2D eigenvalue weighted by molar-refractivity contribution is 0.318. The van der Waals surface area contributed by atoms with Crippen LogP contribution in [-0.2, 0) is 0 Å². The molecule has 7 heteroatoms. The van der Waals surface area contributed by atoms with E-state index in [1.54, 1.807) is 49.9 Å². The smallest absolute Gasteiger partial charge is 0.151 e. The number of rotatable bonds is 2. The van der Waals surface area contributed by atoms with E-state index < -0.39 is 0 Å². The fourth-order valence-corrected chi connectivity index (χ4v) is 1.58. The molecule has 0 radical (unpaired) electrons. The van der Waals surface area contributed by atoms with Gasteiger partial charge in [-0.1, -0.05) is 5.21 Å². The standard InChI is InChI=1S/C11H8FN5.C2H6O/c12-10-8-9(16-7-5-13-15-16)2-3-11(10)17-6-1-4-14-17;1-2-3/h1-8H;3H,2H2,1H3.